The lowest BCUT2D eigenvalue weighted by molar-refractivity contribution is -0.127. The van der Waals surface area contributed by atoms with Crippen LogP contribution in [0.15, 0.2) is 39.8 Å². The Morgan fingerprint density at radius 1 is 1.36 bits per heavy atom. The summed E-state index contributed by atoms with van der Waals surface area (Å²) in [5.41, 5.74) is 1.99. The normalized spacial score (nSPS) is 10.2. The van der Waals surface area contributed by atoms with E-state index in [9.17, 15) is 14.9 Å². The first-order valence-corrected chi connectivity index (χ1v) is 10.3. The van der Waals surface area contributed by atoms with Gasteiger partial charge >= 0.3 is 5.97 Å². The van der Waals surface area contributed by atoms with Crippen LogP contribution < -0.4 is 0 Å². The van der Waals surface area contributed by atoms with E-state index in [1.807, 2.05) is 30.3 Å². The van der Waals surface area contributed by atoms with E-state index in [0.717, 1.165) is 10.0 Å². The van der Waals surface area contributed by atoms with Crippen LogP contribution in [-0.2, 0) is 16.1 Å². The number of thioether (sulfide) groups is 1. The molecule has 0 aliphatic carbocycles. The molecular formula is C20H20BrN3O3S. The van der Waals surface area contributed by atoms with E-state index in [1.54, 1.807) is 25.8 Å². The lowest BCUT2D eigenvalue weighted by Crippen LogP contribution is -2.28. The summed E-state index contributed by atoms with van der Waals surface area (Å²) in [5, 5.41) is 9.82. The van der Waals surface area contributed by atoms with E-state index >= 15 is 0 Å². The third-order valence-corrected chi connectivity index (χ3v) is 5.67. The first-order chi connectivity index (χ1) is 13.4. The number of esters is 1. The van der Waals surface area contributed by atoms with Crippen molar-refractivity contribution in [3.05, 3.63) is 57.2 Å². The molecule has 0 aliphatic rings. The van der Waals surface area contributed by atoms with Gasteiger partial charge in [-0.3, -0.25) is 4.79 Å². The summed E-state index contributed by atoms with van der Waals surface area (Å²) in [6.45, 7) is 4.11. The van der Waals surface area contributed by atoms with Crippen molar-refractivity contribution in [2.45, 2.75) is 25.4 Å². The number of hydrogen-bond acceptors (Lipinski definition) is 6. The van der Waals surface area contributed by atoms with E-state index in [2.05, 4.69) is 20.9 Å². The SMILES string of the molecule is CCOC(=O)c1cc(C#N)c(SCC(=O)N(C)Cc2ccccc2Br)nc1C. The summed E-state index contributed by atoms with van der Waals surface area (Å²) in [4.78, 5) is 30.4. The van der Waals surface area contributed by atoms with Gasteiger partial charge < -0.3 is 9.64 Å². The van der Waals surface area contributed by atoms with Crippen molar-refractivity contribution in [2.75, 3.05) is 19.4 Å². The van der Waals surface area contributed by atoms with Crippen LogP contribution in [-0.4, -0.2) is 41.2 Å². The Kier molecular flexibility index (Phi) is 8.03. The number of amides is 1. The van der Waals surface area contributed by atoms with Gasteiger partial charge in [0.1, 0.15) is 11.1 Å². The topological polar surface area (TPSA) is 83.3 Å². The Morgan fingerprint density at radius 2 is 2.07 bits per heavy atom. The molecule has 0 unspecified atom stereocenters. The number of nitrogens with zero attached hydrogens (tertiary/aromatic N) is 3. The summed E-state index contributed by atoms with van der Waals surface area (Å²) in [7, 11) is 1.73. The van der Waals surface area contributed by atoms with Crippen LogP contribution in [0.2, 0.25) is 0 Å². The van der Waals surface area contributed by atoms with E-state index < -0.39 is 5.97 Å². The fourth-order valence-electron chi connectivity index (χ4n) is 2.40. The molecule has 0 bridgehead atoms. The van der Waals surface area contributed by atoms with E-state index in [4.69, 9.17) is 4.74 Å². The number of ether oxygens (including phenoxy) is 1. The van der Waals surface area contributed by atoms with Gasteiger partial charge in [0.15, 0.2) is 0 Å². The molecule has 0 radical (unpaired) electrons. The number of pyridine rings is 1. The fourth-order valence-corrected chi connectivity index (χ4v) is 3.75. The van der Waals surface area contributed by atoms with Gasteiger partial charge in [-0.25, -0.2) is 9.78 Å². The molecule has 0 atom stereocenters. The predicted octanol–water partition coefficient (Wildman–Crippen LogP) is 3.95. The maximum absolute atomic E-state index is 12.5. The summed E-state index contributed by atoms with van der Waals surface area (Å²) < 4.78 is 5.93. The Hall–Kier alpha value is -2.37. The smallest absolute Gasteiger partial charge is 0.340 e. The summed E-state index contributed by atoms with van der Waals surface area (Å²) >= 11 is 4.66. The summed E-state index contributed by atoms with van der Waals surface area (Å²) in [6.07, 6.45) is 0. The number of aryl methyl sites for hydroxylation is 1. The molecule has 2 rings (SSSR count). The lowest BCUT2D eigenvalue weighted by Gasteiger charge is -2.18. The molecule has 0 spiro atoms. The minimum absolute atomic E-state index is 0.0847. The largest absolute Gasteiger partial charge is 0.462 e. The molecule has 8 heteroatoms. The number of aromatic nitrogens is 1. The molecule has 2 aromatic rings. The van der Waals surface area contributed by atoms with Crippen LogP contribution >= 0.6 is 27.7 Å². The van der Waals surface area contributed by atoms with Crippen molar-refractivity contribution >= 4 is 39.6 Å². The van der Waals surface area contributed by atoms with Crippen molar-refractivity contribution < 1.29 is 14.3 Å². The number of carbonyl (C=O) groups is 2. The zero-order chi connectivity index (χ0) is 20.7. The zero-order valence-electron chi connectivity index (χ0n) is 15.9. The van der Waals surface area contributed by atoms with Crippen molar-refractivity contribution in [2.24, 2.45) is 0 Å². The Balaban J connectivity index is 2.08. The molecule has 0 fully saturated rings. The number of hydrogen-bond donors (Lipinski definition) is 0. The standard InChI is InChI=1S/C20H20BrN3O3S/c1-4-27-20(26)16-9-15(10-22)19(23-13(16)2)28-12-18(25)24(3)11-14-7-5-6-8-17(14)21/h5-9H,4,11-12H2,1-3H3. The highest BCUT2D eigenvalue weighted by atomic mass is 79.9. The zero-order valence-corrected chi connectivity index (χ0v) is 18.3. The Labute approximate surface area is 177 Å². The molecule has 0 aliphatic heterocycles. The third-order valence-electron chi connectivity index (χ3n) is 3.92. The molecule has 146 valence electrons. The van der Waals surface area contributed by atoms with Gasteiger partial charge in [0, 0.05) is 18.1 Å². The number of nitriles is 1. The molecule has 6 nitrogen and oxygen atoms in total. The number of halogens is 1. The highest BCUT2D eigenvalue weighted by Crippen LogP contribution is 2.24. The quantitative estimate of drug-likeness (QED) is 0.458. The monoisotopic (exact) mass is 461 g/mol. The van der Waals surface area contributed by atoms with Crippen LogP contribution in [0.1, 0.15) is 34.1 Å². The van der Waals surface area contributed by atoms with Crippen LogP contribution in [0.5, 0.6) is 0 Å². The second kappa shape index (κ2) is 10.2. The van der Waals surface area contributed by atoms with Crippen molar-refractivity contribution in [3.63, 3.8) is 0 Å². The third kappa shape index (κ3) is 5.57. The average molecular weight is 462 g/mol. The molecular weight excluding hydrogens is 442 g/mol. The van der Waals surface area contributed by atoms with Gasteiger partial charge in [-0.1, -0.05) is 45.9 Å². The van der Waals surface area contributed by atoms with Gasteiger partial charge in [0.2, 0.25) is 5.91 Å². The van der Waals surface area contributed by atoms with Gasteiger partial charge in [-0.2, -0.15) is 5.26 Å². The second-order valence-corrected chi connectivity index (χ2v) is 7.75. The summed E-state index contributed by atoms with van der Waals surface area (Å²) in [6, 6.07) is 11.2. The molecule has 28 heavy (non-hydrogen) atoms. The molecule has 1 heterocycles. The molecule has 0 saturated carbocycles. The molecule has 1 amide bonds. The first-order valence-electron chi connectivity index (χ1n) is 8.56. The number of benzene rings is 1. The highest BCUT2D eigenvalue weighted by molar-refractivity contribution is 9.10. The van der Waals surface area contributed by atoms with Crippen LogP contribution in [0.3, 0.4) is 0 Å². The van der Waals surface area contributed by atoms with Crippen molar-refractivity contribution in [3.8, 4) is 6.07 Å². The lowest BCUT2D eigenvalue weighted by atomic mass is 10.1. The van der Waals surface area contributed by atoms with Gasteiger partial charge in [0.25, 0.3) is 0 Å². The van der Waals surface area contributed by atoms with Gasteiger partial charge in [-0.15, -0.1) is 0 Å². The van der Waals surface area contributed by atoms with Crippen molar-refractivity contribution in [1.82, 2.24) is 9.88 Å². The van der Waals surface area contributed by atoms with E-state index in [1.165, 1.54) is 17.8 Å². The maximum atomic E-state index is 12.5. The maximum Gasteiger partial charge on any atom is 0.340 e. The number of carbonyl (C=O) groups excluding carboxylic acids is 2. The van der Waals surface area contributed by atoms with Gasteiger partial charge in [0.05, 0.1) is 29.2 Å². The van der Waals surface area contributed by atoms with E-state index in [0.29, 0.717) is 17.3 Å². The highest BCUT2D eigenvalue weighted by Gasteiger charge is 2.18. The molecule has 0 N–H and O–H groups in total. The summed E-state index contributed by atoms with van der Waals surface area (Å²) in [5.74, 6) is -0.454. The minimum Gasteiger partial charge on any atom is -0.462 e. The molecule has 1 aromatic heterocycles. The second-order valence-electron chi connectivity index (χ2n) is 5.94. The molecule has 1 aromatic carbocycles. The van der Waals surface area contributed by atoms with Crippen molar-refractivity contribution in [1.29, 1.82) is 5.26 Å². The van der Waals surface area contributed by atoms with Gasteiger partial charge in [-0.05, 0) is 31.5 Å². The predicted molar refractivity (Wildman–Crippen MR) is 111 cm³/mol. The first kappa shape index (κ1) is 21.9. The molecule has 0 saturated heterocycles. The fraction of sp³-hybridized carbons (Fsp3) is 0.300. The van der Waals surface area contributed by atoms with Crippen LogP contribution in [0.4, 0.5) is 0 Å². The van der Waals surface area contributed by atoms with E-state index in [-0.39, 0.29) is 29.4 Å². The minimum atomic E-state index is -0.509. The average Bonchev–Trinajstić information content (AvgIpc) is 2.67. The Bertz CT molecular complexity index is 927. The Morgan fingerprint density at radius 3 is 2.71 bits per heavy atom. The van der Waals surface area contributed by atoms with Crippen LogP contribution in [0, 0.1) is 18.3 Å². The van der Waals surface area contributed by atoms with Crippen LogP contribution in [0.25, 0.3) is 0 Å². The number of rotatable bonds is 7.